The van der Waals surface area contributed by atoms with Crippen LogP contribution >= 0.6 is 0 Å². The quantitative estimate of drug-likeness (QED) is 0.0533. The van der Waals surface area contributed by atoms with Gasteiger partial charge in [-0.25, -0.2) is 0 Å². The van der Waals surface area contributed by atoms with E-state index in [0.29, 0.717) is 0 Å². The van der Waals surface area contributed by atoms with Crippen molar-refractivity contribution in [2.45, 2.75) is 496 Å². The van der Waals surface area contributed by atoms with E-state index in [-0.39, 0.29) is 0 Å². The van der Waals surface area contributed by atoms with Gasteiger partial charge in [-0.05, 0) is 5.92 Å². The zero-order chi connectivity index (χ0) is 55.9. The Balaban J connectivity index is 3.73. The molecule has 78 heavy (non-hydrogen) atoms. The van der Waals surface area contributed by atoms with E-state index in [1.165, 1.54) is 475 Å². The molecule has 0 aromatic carbocycles. The van der Waals surface area contributed by atoms with Crippen LogP contribution in [0, 0.1) is 5.92 Å². The van der Waals surface area contributed by atoms with E-state index < -0.39 is 0 Å². The van der Waals surface area contributed by atoms with Crippen LogP contribution in [0.15, 0.2) is 0 Å². The normalized spacial score (nSPS) is 11.8. The highest BCUT2D eigenvalue weighted by Crippen LogP contribution is 2.26. The van der Waals surface area contributed by atoms with E-state index in [9.17, 15) is 0 Å². The molecule has 0 saturated heterocycles. The molecule has 0 aliphatic carbocycles. The third-order valence-corrected chi connectivity index (χ3v) is 19.1. The third-order valence-electron chi connectivity index (χ3n) is 19.1. The molecule has 0 spiro atoms. The van der Waals surface area contributed by atoms with Crippen molar-refractivity contribution in [1.82, 2.24) is 0 Å². The fourth-order valence-corrected chi connectivity index (χ4v) is 13.4. The van der Waals surface area contributed by atoms with Gasteiger partial charge in [0.25, 0.3) is 0 Å². The molecule has 0 radical (unpaired) electrons. The molecule has 0 bridgehead atoms. The second-order valence-corrected chi connectivity index (χ2v) is 27.3. The summed E-state index contributed by atoms with van der Waals surface area (Å²) in [5.74, 6) is 1.03. The van der Waals surface area contributed by atoms with Gasteiger partial charge in [0.15, 0.2) is 0 Å². The number of unbranched alkanes of at least 4 members (excludes halogenated alkanes) is 68. The lowest BCUT2D eigenvalue weighted by molar-refractivity contribution is 0.365. The molecular formula is C78H158. The van der Waals surface area contributed by atoms with Crippen LogP contribution in [0.25, 0.3) is 0 Å². The van der Waals surface area contributed by atoms with Gasteiger partial charge >= 0.3 is 0 Å². The molecular weight excluding hydrogens is 937 g/mol. The molecule has 0 rings (SSSR count). The Kier molecular flexibility index (Phi) is 75.0. The maximum atomic E-state index is 2.33. The third kappa shape index (κ3) is 72.1. The average molecular weight is 1100 g/mol. The minimum absolute atomic E-state index is 1.03. The summed E-state index contributed by atoms with van der Waals surface area (Å²) < 4.78 is 0. The van der Waals surface area contributed by atoms with Crippen LogP contribution in [0.4, 0.5) is 0 Å². The number of hydrogen-bond acceptors (Lipinski definition) is 0. The lowest BCUT2D eigenvalue weighted by Gasteiger charge is -2.17. The SMILES string of the molecule is CCCCCCCCCCCCCCCCCCCCCCCCCCCCCCCCCCCCCCCCCC(CCCCCCCCCCCCCCCCCC)CCCCCCCCCCCCCCCCCC. The highest BCUT2D eigenvalue weighted by atomic mass is 14.2. The molecule has 0 N–H and O–H groups in total. The van der Waals surface area contributed by atoms with Gasteiger partial charge in [0.2, 0.25) is 0 Å². The van der Waals surface area contributed by atoms with Gasteiger partial charge in [0, 0.05) is 0 Å². The zero-order valence-corrected chi connectivity index (χ0v) is 55.9. The summed E-state index contributed by atoms with van der Waals surface area (Å²) in [6.07, 6.45) is 110. The highest BCUT2D eigenvalue weighted by Gasteiger charge is 2.09. The fourth-order valence-electron chi connectivity index (χ4n) is 13.4. The largest absolute Gasteiger partial charge is 0.0654 e. The Hall–Kier alpha value is 0. The van der Waals surface area contributed by atoms with Crippen LogP contribution < -0.4 is 0 Å². The highest BCUT2D eigenvalue weighted by molar-refractivity contribution is 4.63. The van der Waals surface area contributed by atoms with E-state index in [2.05, 4.69) is 20.8 Å². The van der Waals surface area contributed by atoms with Crippen molar-refractivity contribution >= 4 is 0 Å². The monoisotopic (exact) mass is 1100 g/mol. The molecule has 0 heterocycles. The Labute approximate surface area is 499 Å². The summed E-state index contributed by atoms with van der Waals surface area (Å²) in [6.45, 7) is 6.97. The van der Waals surface area contributed by atoms with Crippen molar-refractivity contribution in [1.29, 1.82) is 0 Å². The first kappa shape index (κ1) is 78.0. The predicted octanol–water partition coefficient (Wildman–Crippen LogP) is 30.5. The lowest BCUT2D eigenvalue weighted by Crippen LogP contribution is -2.01. The molecule has 0 unspecified atom stereocenters. The Morgan fingerprint density at radius 1 is 0.103 bits per heavy atom. The Morgan fingerprint density at radius 3 is 0.269 bits per heavy atom. The second kappa shape index (κ2) is 75.0. The molecule has 0 amide bonds. The van der Waals surface area contributed by atoms with Crippen molar-refractivity contribution in [2.24, 2.45) is 5.92 Å². The molecule has 0 nitrogen and oxygen atoms in total. The van der Waals surface area contributed by atoms with Gasteiger partial charge in [-0.3, -0.25) is 0 Å². The van der Waals surface area contributed by atoms with Crippen molar-refractivity contribution < 1.29 is 0 Å². The molecule has 0 heteroatoms. The Morgan fingerprint density at radius 2 is 0.179 bits per heavy atom. The maximum absolute atomic E-state index is 2.33. The second-order valence-electron chi connectivity index (χ2n) is 27.3. The molecule has 0 saturated carbocycles. The number of hydrogen-bond donors (Lipinski definition) is 0. The maximum Gasteiger partial charge on any atom is -0.0414 e. The van der Waals surface area contributed by atoms with Crippen molar-refractivity contribution in [2.75, 3.05) is 0 Å². The van der Waals surface area contributed by atoms with Gasteiger partial charge in [-0.2, -0.15) is 0 Å². The van der Waals surface area contributed by atoms with Gasteiger partial charge < -0.3 is 0 Å². The molecule has 0 aliphatic heterocycles. The van der Waals surface area contributed by atoms with Gasteiger partial charge in [0.1, 0.15) is 0 Å². The molecule has 0 aromatic rings. The fraction of sp³-hybridized carbons (Fsp3) is 1.00. The van der Waals surface area contributed by atoms with Crippen LogP contribution in [0.1, 0.15) is 496 Å². The van der Waals surface area contributed by atoms with Crippen molar-refractivity contribution in [3.8, 4) is 0 Å². The first-order valence-corrected chi connectivity index (χ1v) is 38.8. The van der Waals surface area contributed by atoms with Gasteiger partial charge in [0.05, 0.1) is 0 Å². The predicted molar refractivity (Wildman–Crippen MR) is 362 cm³/mol. The van der Waals surface area contributed by atoms with Crippen LogP contribution in [0.5, 0.6) is 0 Å². The summed E-state index contributed by atoms with van der Waals surface area (Å²) in [6, 6.07) is 0. The molecule has 470 valence electrons. The first-order valence-electron chi connectivity index (χ1n) is 38.8. The van der Waals surface area contributed by atoms with Crippen LogP contribution in [0.2, 0.25) is 0 Å². The van der Waals surface area contributed by atoms with Crippen molar-refractivity contribution in [3.05, 3.63) is 0 Å². The van der Waals surface area contributed by atoms with E-state index in [4.69, 9.17) is 0 Å². The van der Waals surface area contributed by atoms with Gasteiger partial charge in [-0.1, -0.05) is 496 Å². The van der Waals surface area contributed by atoms with E-state index in [1.807, 2.05) is 0 Å². The van der Waals surface area contributed by atoms with Crippen molar-refractivity contribution in [3.63, 3.8) is 0 Å². The summed E-state index contributed by atoms with van der Waals surface area (Å²) >= 11 is 0. The van der Waals surface area contributed by atoms with Crippen LogP contribution in [0.3, 0.4) is 0 Å². The first-order chi connectivity index (χ1) is 38.8. The topological polar surface area (TPSA) is 0 Å². The minimum atomic E-state index is 1.03. The molecule has 0 aliphatic rings. The van der Waals surface area contributed by atoms with E-state index >= 15 is 0 Å². The lowest BCUT2D eigenvalue weighted by atomic mass is 9.89. The molecule has 0 atom stereocenters. The number of rotatable bonds is 74. The summed E-state index contributed by atoms with van der Waals surface area (Å²) in [5, 5.41) is 0. The summed E-state index contributed by atoms with van der Waals surface area (Å²) in [7, 11) is 0. The zero-order valence-electron chi connectivity index (χ0n) is 55.9. The van der Waals surface area contributed by atoms with Crippen LogP contribution in [-0.4, -0.2) is 0 Å². The minimum Gasteiger partial charge on any atom is -0.0654 e. The Bertz CT molecular complexity index is 929. The smallest absolute Gasteiger partial charge is 0.0414 e. The van der Waals surface area contributed by atoms with Crippen LogP contribution in [-0.2, 0) is 0 Å². The average Bonchev–Trinajstić information content (AvgIpc) is 3.45. The standard InChI is InChI=1S/C78H158/c1-4-7-10-13-16-19-22-25-28-31-32-33-34-35-36-37-38-39-40-41-42-43-44-45-46-47-48-49-50-51-52-53-56-59-62-65-68-71-74-77-78(75-72-69-66-63-60-57-54-29-26-23-20-17-14-11-8-5-2)76-73-70-67-64-61-58-55-30-27-24-21-18-15-12-9-6-3/h78H,4-77H2,1-3H3. The summed E-state index contributed by atoms with van der Waals surface area (Å²) in [4.78, 5) is 0. The van der Waals surface area contributed by atoms with Gasteiger partial charge in [-0.15, -0.1) is 0 Å². The summed E-state index contributed by atoms with van der Waals surface area (Å²) in [5.41, 5.74) is 0. The molecule has 0 fully saturated rings. The van der Waals surface area contributed by atoms with E-state index in [0.717, 1.165) is 5.92 Å². The van der Waals surface area contributed by atoms with E-state index in [1.54, 1.807) is 0 Å². The molecule has 0 aromatic heterocycles.